The third-order valence-electron chi connectivity index (χ3n) is 2.96. The van der Waals surface area contributed by atoms with Crippen molar-refractivity contribution in [2.24, 2.45) is 0 Å². The molecular weight excluding hydrogens is 384 g/mol. The zero-order chi connectivity index (χ0) is 14.1. The summed E-state index contributed by atoms with van der Waals surface area (Å²) in [5.74, 6) is 1.05. The van der Waals surface area contributed by atoms with E-state index in [9.17, 15) is 0 Å². The number of hydrogen-bond donors (Lipinski definition) is 1. The van der Waals surface area contributed by atoms with Gasteiger partial charge in [0.1, 0.15) is 0 Å². The van der Waals surface area contributed by atoms with Gasteiger partial charge < -0.3 is 10.3 Å². The molecule has 1 heterocycles. The van der Waals surface area contributed by atoms with Gasteiger partial charge in [0.15, 0.2) is 11.6 Å². The molecule has 2 aromatic carbocycles. The summed E-state index contributed by atoms with van der Waals surface area (Å²) < 4.78 is 7.34. The Morgan fingerprint density at radius 1 is 1.00 bits per heavy atom. The fraction of sp³-hybridized carbons (Fsp3) is 0. The summed E-state index contributed by atoms with van der Waals surface area (Å²) in [4.78, 5) is 0. The first-order chi connectivity index (χ1) is 9.66. The molecule has 3 aromatic rings. The SMILES string of the molecule is Nc1noc(-c2ccc(Br)cc2Br)c1-c1ccccc1. The van der Waals surface area contributed by atoms with E-state index in [4.69, 9.17) is 10.3 Å². The summed E-state index contributed by atoms with van der Waals surface area (Å²) in [6, 6.07) is 15.7. The standard InChI is InChI=1S/C15H10Br2N2O/c16-10-6-7-11(12(17)8-10)14-13(15(18)19-20-14)9-4-2-1-3-5-9/h1-8H,(H2,18,19). The minimum absolute atomic E-state index is 0.390. The molecule has 0 amide bonds. The molecule has 0 bridgehead atoms. The molecule has 0 saturated heterocycles. The molecule has 0 aliphatic heterocycles. The lowest BCUT2D eigenvalue weighted by molar-refractivity contribution is 0.436. The summed E-state index contributed by atoms with van der Waals surface area (Å²) in [6.45, 7) is 0. The van der Waals surface area contributed by atoms with E-state index in [1.165, 1.54) is 0 Å². The van der Waals surface area contributed by atoms with Crippen molar-refractivity contribution in [1.82, 2.24) is 5.16 Å². The predicted octanol–water partition coefficient (Wildman–Crippen LogP) is 5.12. The lowest BCUT2D eigenvalue weighted by Gasteiger charge is -2.05. The van der Waals surface area contributed by atoms with Crippen molar-refractivity contribution in [3.8, 4) is 22.5 Å². The van der Waals surface area contributed by atoms with Crippen molar-refractivity contribution < 1.29 is 4.52 Å². The van der Waals surface area contributed by atoms with Crippen LogP contribution in [0.3, 0.4) is 0 Å². The Balaban J connectivity index is 2.21. The highest BCUT2D eigenvalue weighted by Gasteiger charge is 2.19. The molecule has 3 nitrogen and oxygen atoms in total. The Morgan fingerprint density at radius 3 is 2.45 bits per heavy atom. The molecule has 0 spiro atoms. The maximum atomic E-state index is 5.96. The van der Waals surface area contributed by atoms with Gasteiger partial charge in [-0.25, -0.2) is 0 Å². The fourth-order valence-corrected chi connectivity index (χ4v) is 3.27. The van der Waals surface area contributed by atoms with E-state index in [0.717, 1.165) is 25.6 Å². The van der Waals surface area contributed by atoms with Gasteiger partial charge in [-0.05, 0) is 39.7 Å². The third-order valence-corrected chi connectivity index (χ3v) is 4.11. The van der Waals surface area contributed by atoms with Gasteiger partial charge in [0.05, 0.1) is 5.56 Å². The van der Waals surface area contributed by atoms with Gasteiger partial charge in [-0.2, -0.15) is 0 Å². The maximum absolute atomic E-state index is 5.96. The zero-order valence-corrected chi connectivity index (χ0v) is 13.5. The van der Waals surface area contributed by atoms with Crippen LogP contribution < -0.4 is 5.73 Å². The molecule has 0 aliphatic rings. The Hall–Kier alpha value is -1.59. The van der Waals surface area contributed by atoms with Crippen LogP contribution in [-0.4, -0.2) is 5.16 Å². The van der Waals surface area contributed by atoms with Crippen LogP contribution in [0.1, 0.15) is 0 Å². The third kappa shape index (κ3) is 2.39. The van der Waals surface area contributed by atoms with Crippen LogP contribution in [0.4, 0.5) is 5.82 Å². The van der Waals surface area contributed by atoms with Gasteiger partial charge in [0.25, 0.3) is 0 Å². The van der Waals surface area contributed by atoms with Gasteiger partial charge in [0.2, 0.25) is 0 Å². The maximum Gasteiger partial charge on any atom is 0.178 e. The van der Waals surface area contributed by atoms with E-state index in [1.807, 2.05) is 48.5 Å². The first kappa shape index (κ1) is 13.4. The lowest BCUT2D eigenvalue weighted by Crippen LogP contribution is -1.89. The molecule has 2 N–H and O–H groups in total. The number of aromatic nitrogens is 1. The van der Waals surface area contributed by atoms with Crippen LogP contribution in [-0.2, 0) is 0 Å². The van der Waals surface area contributed by atoms with E-state index in [2.05, 4.69) is 37.0 Å². The van der Waals surface area contributed by atoms with Crippen LogP contribution in [0.5, 0.6) is 0 Å². The second kappa shape index (κ2) is 5.42. The highest BCUT2D eigenvalue weighted by Crippen LogP contribution is 2.40. The normalized spacial score (nSPS) is 10.7. The number of rotatable bonds is 2. The number of hydrogen-bond acceptors (Lipinski definition) is 3. The average Bonchev–Trinajstić information content (AvgIpc) is 2.81. The van der Waals surface area contributed by atoms with E-state index in [-0.39, 0.29) is 0 Å². The second-order valence-electron chi connectivity index (χ2n) is 4.26. The lowest BCUT2D eigenvalue weighted by atomic mass is 10.0. The zero-order valence-electron chi connectivity index (χ0n) is 10.3. The molecule has 0 radical (unpaired) electrons. The number of halogens is 2. The topological polar surface area (TPSA) is 52.0 Å². The Bertz CT molecular complexity index is 754. The molecule has 0 atom stereocenters. The molecule has 20 heavy (non-hydrogen) atoms. The van der Waals surface area contributed by atoms with E-state index < -0.39 is 0 Å². The molecule has 3 rings (SSSR count). The Morgan fingerprint density at radius 2 is 1.75 bits per heavy atom. The first-order valence-corrected chi connectivity index (χ1v) is 7.51. The molecule has 0 fully saturated rings. The fourth-order valence-electron chi connectivity index (χ4n) is 2.04. The Kier molecular flexibility index (Phi) is 3.63. The molecule has 0 unspecified atom stereocenters. The number of nitrogen functional groups attached to an aromatic ring is 1. The molecule has 5 heteroatoms. The number of anilines is 1. The summed E-state index contributed by atoms with van der Waals surface area (Å²) >= 11 is 6.98. The molecule has 0 aliphatic carbocycles. The van der Waals surface area contributed by atoms with Crippen LogP contribution in [0.15, 0.2) is 62.0 Å². The second-order valence-corrected chi connectivity index (χ2v) is 6.03. The Labute approximate surface area is 133 Å². The van der Waals surface area contributed by atoms with E-state index in [1.54, 1.807) is 0 Å². The van der Waals surface area contributed by atoms with Crippen LogP contribution in [0.25, 0.3) is 22.5 Å². The smallest absolute Gasteiger partial charge is 0.178 e. The van der Waals surface area contributed by atoms with E-state index >= 15 is 0 Å². The number of benzene rings is 2. The van der Waals surface area contributed by atoms with E-state index in [0.29, 0.717) is 11.6 Å². The predicted molar refractivity (Wildman–Crippen MR) is 87.2 cm³/mol. The number of nitrogens with zero attached hydrogens (tertiary/aromatic N) is 1. The van der Waals surface area contributed by atoms with Crippen molar-refractivity contribution >= 4 is 37.7 Å². The van der Waals surface area contributed by atoms with Gasteiger partial charge in [0, 0.05) is 14.5 Å². The minimum Gasteiger partial charge on any atom is -0.380 e. The van der Waals surface area contributed by atoms with Gasteiger partial charge in [-0.3, -0.25) is 0 Å². The van der Waals surface area contributed by atoms with Crippen LogP contribution in [0, 0.1) is 0 Å². The van der Waals surface area contributed by atoms with Gasteiger partial charge in [-0.1, -0.05) is 51.4 Å². The van der Waals surface area contributed by atoms with Crippen LogP contribution >= 0.6 is 31.9 Å². The number of nitrogens with two attached hydrogens (primary N) is 1. The van der Waals surface area contributed by atoms with Crippen LogP contribution in [0.2, 0.25) is 0 Å². The molecule has 1 aromatic heterocycles. The summed E-state index contributed by atoms with van der Waals surface area (Å²) in [7, 11) is 0. The van der Waals surface area contributed by atoms with Gasteiger partial charge in [-0.15, -0.1) is 0 Å². The summed E-state index contributed by atoms with van der Waals surface area (Å²) in [5.41, 5.74) is 8.67. The monoisotopic (exact) mass is 392 g/mol. The van der Waals surface area contributed by atoms with Crippen molar-refractivity contribution in [3.63, 3.8) is 0 Å². The average molecular weight is 394 g/mol. The van der Waals surface area contributed by atoms with Crippen molar-refractivity contribution in [2.75, 3.05) is 5.73 Å². The van der Waals surface area contributed by atoms with Crippen molar-refractivity contribution in [1.29, 1.82) is 0 Å². The highest BCUT2D eigenvalue weighted by atomic mass is 79.9. The highest BCUT2D eigenvalue weighted by molar-refractivity contribution is 9.11. The summed E-state index contributed by atoms with van der Waals surface area (Å²) in [5, 5.41) is 3.90. The van der Waals surface area contributed by atoms with Gasteiger partial charge >= 0.3 is 0 Å². The summed E-state index contributed by atoms with van der Waals surface area (Å²) in [6.07, 6.45) is 0. The quantitative estimate of drug-likeness (QED) is 0.657. The molecular formula is C15H10Br2N2O. The van der Waals surface area contributed by atoms with Crippen molar-refractivity contribution in [3.05, 3.63) is 57.5 Å². The largest absolute Gasteiger partial charge is 0.380 e. The molecule has 0 saturated carbocycles. The molecule has 100 valence electrons. The first-order valence-electron chi connectivity index (χ1n) is 5.93. The minimum atomic E-state index is 0.390. The van der Waals surface area contributed by atoms with Crippen molar-refractivity contribution in [2.45, 2.75) is 0 Å².